The second kappa shape index (κ2) is 5.99. The van der Waals surface area contributed by atoms with E-state index in [2.05, 4.69) is 12.2 Å². The predicted molar refractivity (Wildman–Crippen MR) is 85.7 cm³/mol. The van der Waals surface area contributed by atoms with Gasteiger partial charge in [-0.05, 0) is 37.8 Å². The van der Waals surface area contributed by atoms with Gasteiger partial charge < -0.3 is 15.1 Å². The Morgan fingerprint density at radius 2 is 2.14 bits per heavy atom. The number of urea groups is 1. The number of amides is 3. The average Bonchev–Trinajstić information content (AvgIpc) is 3.00. The fourth-order valence-corrected chi connectivity index (χ4v) is 3.47. The van der Waals surface area contributed by atoms with Gasteiger partial charge in [-0.3, -0.25) is 4.79 Å². The molecule has 3 rings (SSSR count). The largest absolute Gasteiger partial charge is 0.336 e. The average molecular weight is 301 g/mol. The Kier molecular flexibility index (Phi) is 4.05. The topological polar surface area (TPSA) is 52.7 Å². The molecule has 22 heavy (non-hydrogen) atoms. The van der Waals surface area contributed by atoms with Crippen LogP contribution in [0.3, 0.4) is 0 Å². The Hall–Kier alpha value is -2.04. The second-order valence-corrected chi connectivity index (χ2v) is 6.10. The molecule has 2 aliphatic rings. The summed E-state index contributed by atoms with van der Waals surface area (Å²) >= 11 is 0. The van der Waals surface area contributed by atoms with Crippen molar-refractivity contribution in [3.63, 3.8) is 0 Å². The molecule has 0 bridgehead atoms. The number of carbonyl (C=O) groups excluding carboxylic acids is 2. The SMILES string of the molecule is CCc1ccccc1NC(=O)N1C[C@@H]2CCCN2C(=O)[C@H]1C. The van der Waals surface area contributed by atoms with Crippen LogP contribution in [0.5, 0.6) is 0 Å². The van der Waals surface area contributed by atoms with Crippen LogP contribution in [0.15, 0.2) is 24.3 Å². The molecule has 0 aliphatic carbocycles. The zero-order valence-electron chi connectivity index (χ0n) is 13.2. The Morgan fingerprint density at radius 1 is 1.36 bits per heavy atom. The van der Waals surface area contributed by atoms with Gasteiger partial charge in [-0.1, -0.05) is 25.1 Å². The highest BCUT2D eigenvalue weighted by molar-refractivity contribution is 5.95. The maximum Gasteiger partial charge on any atom is 0.322 e. The summed E-state index contributed by atoms with van der Waals surface area (Å²) in [7, 11) is 0. The summed E-state index contributed by atoms with van der Waals surface area (Å²) in [5.74, 6) is 0.0766. The summed E-state index contributed by atoms with van der Waals surface area (Å²) in [5.41, 5.74) is 1.94. The van der Waals surface area contributed by atoms with Crippen LogP contribution in [0, 0.1) is 0 Å². The van der Waals surface area contributed by atoms with E-state index in [0.29, 0.717) is 6.54 Å². The predicted octanol–water partition coefficient (Wildman–Crippen LogP) is 2.48. The smallest absolute Gasteiger partial charge is 0.322 e. The fourth-order valence-electron chi connectivity index (χ4n) is 3.47. The second-order valence-electron chi connectivity index (χ2n) is 6.10. The molecule has 2 aliphatic heterocycles. The lowest BCUT2D eigenvalue weighted by molar-refractivity contribution is -0.140. The number of nitrogens with zero attached hydrogens (tertiary/aromatic N) is 2. The molecule has 3 amide bonds. The van der Waals surface area contributed by atoms with Gasteiger partial charge in [0.1, 0.15) is 6.04 Å². The summed E-state index contributed by atoms with van der Waals surface area (Å²) < 4.78 is 0. The van der Waals surface area contributed by atoms with E-state index in [-0.39, 0.29) is 24.0 Å². The van der Waals surface area contributed by atoms with E-state index in [4.69, 9.17) is 0 Å². The minimum absolute atomic E-state index is 0.0766. The molecule has 1 aromatic rings. The molecule has 0 saturated carbocycles. The summed E-state index contributed by atoms with van der Waals surface area (Å²) in [6, 6.07) is 7.44. The molecule has 0 radical (unpaired) electrons. The summed E-state index contributed by atoms with van der Waals surface area (Å²) in [6.07, 6.45) is 2.90. The standard InChI is InChI=1S/C17H23N3O2/c1-3-13-7-4-5-9-15(13)18-17(22)20-11-14-8-6-10-19(14)16(21)12(20)2/h4-5,7,9,12,14H,3,6,8,10-11H2,1-2H3,(H,18,22)/t12-,14+/m1/s1. The van der Waals surface area contributed by atoms with Crippen molar-refractivity contribution in [2.45, 2.75) is 45.2 Å². The van der Waals surface area contributed by atoms with Gasteiger partial charge in [0, 0.05) is 24.8 Å². The molecule has 5 heteroatoms. The molecule has 0 aromatic heterocycles. The first-order valence-corrected chi connectivity index (χ1v) is 8.07. The molecule has 0 unspecified atom stereocenters. The number of rotatable bonds is 2. The zero-order chi connectivity index (χ0) is 15.7. The first kappa shape index (κ1) is 14.9. The van der Waals surface area contributed by atoms with E-state index < -0.39 is 0 Å². The molecule has 1 N–H and O–H groups in total. The minimum Gasteiger partial charge on any atom is -0.336 e. The first-order valence-electron chi connectivity index (χ1n) is 8.07. The van der Waals surface area contributed by atoms with Crippen LogP contribution < -0.4 is 5.32 Å². The highest BCUT2D eigenvalue weighted by atomic mass is 16.2. The third-order valence-corrected chi connectivity index (χ3v) is 4.79. The number of aryl methyl sites for hydroxylation is 1. The number of para-hydroxylation sites is 1. The molecule has 2 atom stereocenters. The number of piperazine rings is 1. The molecule has 118 valence electrons. The van der Waals surface area contributed by atoms with E-state index in [9.17, 15) is 9.59 Å². The fraction of sp³-hybridized carbons (Fsp3) is 0.529. The van der Waals surface area contributed by atoms with E-state index in [1.807, 2.05) is 36.1 Å². The lowest BCUT2D eigenvalue weighted by Crippen LogP contribution is -2.60. The van der Waals surface area contributed by atoms with Crippen molar-refractivity contribution in [1.29, 1.82) is 0 Å². The highest BCUT2D eigenvalue weighted by Gasteiger charge is 2.42. The third kappa shape index (κ3) is 2.56. The quantitative estimate of drug-likeness (QED) is 0.912. The monoisotopic (exact) mass is 301 g/mol. The third-order valence-electron chi connectivity index (χ3n) is 4.79. The molecule has 2 saturated heterocycles. The van der Waals surface area contributed by atoms with Crippen molar-refractivity contribution in [3.8, 4) is 0 Å². The van der Waals surface area contributed by atoms with Gasteiger partial charge in [-0.2, -0.15) is 0 Å². The van der Waals surface area contributed by atoms with E-state index in [1.165, 1.54) is 0 Å². The van der Waals surface area contributed by atoms with Crippen molar-refractivity contribution >= 4 is 17.6 Å². The van der Waals surface area contributed by atoms with E-state index in [0.717, 1.165) is 37.1 Å². The van der Waals surface area contributed by atoms with Gasteiger partial charge in [0.15, 0.2) is 0 Å². The summed E-state index contributed by atoms with van der Waals surface area (Å²) in [6.45, 7) is 5.35. The molecule has 1 aromatic carbocycles. The van der Waals surface area contributed by atoms with Gasteiger partial charge in [0.2, 0.25) is 5.91 Å². The van der Waals surface area contributed by atoms with Crippen LogP contribution in [0.2, 0.25) is 0 Å². The van der Waals surface area contributed by atoms with Crippen LogP contribution in [0.25, 0.3) is 0 Å². The Balaban J connectivity index is 1.75. The number of hydrogen-bond donors (Lipinski definition) is 1. The van der Waals surface area contributed by atoms with Gasteiger partial charge in [-0.15, -0.1) is 0 Å². The summed E-state index contributed by atoms with van der Waals surface area (Å²) in [4.78, 5) is 28.6. The van der Waals surface area contributed by atoms with Crippen LogP contribution in [0.1, 0.15) is 32.3 Å². The molecular formula is C17H23N3O2. The Labute approximate surface area is 131 Å². The lowest BCUT2D eigenvalue weighted by Gasteiger charge is -2.41. The molecular weight excluding hydrogens is 278 g/mol. The van der Waals surface area contributed by atoms with Crippen molar-refractivity contribution in [2.24, 2.45) is 0 Å². The molecule has 5 nitrogen and oxygen atoms in total. The van der Waals surface area contributed by atoms with Gasteiger partial charge in [-0.25, -0.2) is 4.79 Å². The number of nitrogens with one attached hydrogen (secondary N) is 1. The van der Waals surface area contributed by atoms with Crippen LogP contribution in [-0.4, -0.2) is 46.9 Å². The first-order chi connectivity index (χ1) is 10.6. The number of fused-ring (bicyclic) bond motifs is 1. The van der Waals surface area contributed by atoms with Crippen LogP contribution >= 0.6 is 0 Å². The number of hydrogen-bond acceptors (Lipinski definition) is 2. The van der Waals surface area contributed by atoms with Crippen LogP contribution in [-0.2, 0) is 11.2 Å². The molecule has 2 heterocycles. The highest BCUT2D eigenvalue weighted by Crippen LogP contribution is 2.26. The Morgan fingerprint density at radius 3 is 2.91 bits per heavy atom. The number of benzene rings is 1. The number of anilines is 1. The molecule has 2 fully saturated rings. The van der Waals surface area contributed by atoms with Crippen molar-refractivity contribution in [1.82, 2.24) is 9.80 Å². The van der Waals surface area contributed by atoms with Crippen molar-refractivity contribution in [2.75, 3.05) is 18.4 Å². The van der Waals surface area contributed by atoms with Gasteiger partial charge in [0.25, 0.3) is 0 Å². The maximum atomic E-state index is 12.6. The minimum atomic E-state index is -0.386. The summed E-state index contributed by atoms with van der Waals surface area (Å²) in [5, 5.41) is 2.98. The number of carbonyl (C=O) groups is 2. The normalized spacial score (nSPS) is 24.4. The lowest BCUT2D eigenvalue weighted by atomic mass is 10.1. The van der Waals surface area contributed by atoms with Gasteiger partial charge in [0.05, 0.1) is 0 Å². The van der Waals surface area contributed by atoms with Gasteiger partial charge >= 0.3 is 6.03 Å². The maximum absolute atomic E-state index is 12.6. The van der Waals surface area contributed by atoms with Crippen molar-refractivity contribution < 1.29 is 9.59 Å². The van der Waals surface area contributed by atoms with Crippen LogP contribution in [0.4, 0.5) is 10.5 Å². The van der Waals surface area contributed by atoms with Crippen molar-refractivity contribution in [3.05, 3.63) is 29.8 Å². The van der Waals surface area contributed by atoms with E-state index in [1.54, 1.807) is 4.90 Å². The molecule has 0 spiro atoms. The zero-order valence-corrected chi connectivity index (χ0v) is 13.2. The Bertz CT molecular complexity index is 587. The van der Waals surface area contributed by atoms with E-state index >= 15 is 0 Å².